The number of non-ortho nitro benzene ring substituents is 1. The second kappa shape index (κ2) is 12.2. The number of nitro groups is 1. The van der Waals surface area contributed by atoms with Gasteiger partial charge in [0, 0.05) is 43.4 Å². The van der Waals surface area contributed by atoms with E-state index in [9.17, 15) is 14.9 Å². The summed E-state index contributed by atoms with van der Waals surface area (Å²) >= 11 is 0. The molecule has 0 aliphatic carbocycles. The van der Waals surface area contributed by atoms with Crippen molar-refractivity contribution in [2.45, 2.75) is 6.54 Å². The Labute approximate surface area is 227 Å². The summed E-state index contributed by atoms with van der Waals surface area (Å²) in [6.45, 7) is 1.58. The number of carbonyl (C=O) groups excluding carboxylic acids is 1. The summed E-state index contributed by atoms with van der Waals surface area (Å²) in [4.78, 5) is 28.7. The SMILES string of the molecule is COc1ccc(-c2cc(C(=O)N(CCN(C)C)Cc3ccccc3)n(-c3ccc([N+](=O)[O-])cc3)n2)c(OC)c1. The molecule has 202 valence electrons. The topological polar surface area (TPSA) is 103 Å². The molecule has 10 heteroatoms. The van der Waals surface area contributed by atoms with Crippen molar-refractivity contribution in [3.8, 4) is 28.4 Å². The molecule has 4 aromatic rings. The second-order valence-corrected chi connectivity index (χ2v) is 9.18. The van der Waals surface area contributed by atoms with E-state index in [0.29, 0.717) is 53.8 Å². The van der Waals surface area contributed by atoms with E-state index in [2.05, 4.69) is 0 Å². The van der Waals surface area contributed by atoms with Crippen molar-refractivity contribution < 1.29 is 19.2 Å². The van der Waals surface area contributed by atoms with Gasteiger partial charge in [-0.2, -0.15) is 5.10 Å². The minimum atomic E-state index is -0.463. The van der Waals surface area contributed by atoms with Gasteiger partial charge >= 0.3 is 0 Å². The molecule has 0 N–H and O–H groups in total. The van der Waals surface area contributed by atoms with E-state index in [0.717, 1.165) is 5.56 Å². The van der Waals surface area contributed by atoms with Crippen molar-refractivity contribution in [1.29, 1.82) is 0 Å². The van der Waals surface area contributed by atoms with Crippen LogP contribution in [-0.4, -0.2) is 71.8 Å². The summed E-state index contributed by atoms with van der Waals surface area (Å²) in [6.07, 6.45) is 0. The van der Waals surface area contributed by atoms with Crippen LogP contribution in [0.4, 0.5) is 5.69 Å². The average molecular weight is 530 g/mol. The molecule has 0 unspecified atom stereocenters. The Kier molecular flexibility index (Phi) is 8.57. The third-order valence-electron chi connectivity index (χ3n) is 6.24. The van der Waals surface area contributed by atoms with E-state index < -0.39 is 4.92 Å². The molecule has 0 aliphatic rings. The highest BCUT2D eigenvalue weighted by atomic mass is 16.6. The van der Waals surface area contributed by atoms with Gasteiger partial charge in [-0.15, -0.1) is 0 Å². The quantitative estimate of drug-likeness (QED) is 0.205. The van der Waals surface area contributed by atoms with Crippen LogP contribution in [0.2, 0.25) is 0 Å². The van der Waals surface area contributed by atoms with Crippen LogP contribution in [0.5, 0.6) is 11.5 Å². The zero-order valence-corrected chi connectivity index (χ0v) is 22.4. The summed E-state index contributed by atoms with van der Waals surface area (Å²) in [5.41, 5.74) is 3.00. The van der Waals surface area contributed by atoms with E-state index in [1.165, 1.54) is 16.8 Å². The van der Waals surface area contributed by atoms with E-state index in [1.807, 2.05) is 55.4 Å². The number of aromatic nitrogens is 2. The Balaban J connectivity index is 1.82. The van der Waals surface area contributed by atoms with Crippen LogP contribution < -0.4 is 9.47 Å². The predicted molar refractivity (Wildman–Crippen MR) is 148 cm³/mol. The molecule has 4 rings (SSSR count). The number of nitro benzene ring substituents is 1. The number of hydrogen-bond donors (Lipinski definition) is 0. The van der Waals surface area contributed by atoms with Crippen molar-refractivity contribution in [2.24, 2.45) is 0 Å². The highest BCUT2D eigenvalue weighted by Crippen LogP contribution is 2.34. The fourth-order valence-corrected chi connectivity index (χ4v) is 4.13. The van der Waals surface area contributed by atoms with E-state index in [-0.39, 0.29) is 11.6 Å². The van der Waals surface area contributed by atoms with Gasteiger partial charge in [-0.1, -0.05) is 30.3 Å². The molecule has 39 heavy (non-hydrogen) atoms. The van der Waals surface area contributed by atoms with E-state index in [1.54, 1.807) is 49.5 Å². The number of benzene rings is 3. The lowest BCUT2D eigenvalue weighted by Gasteiger charge is -2.25. The molecule has 1 aromatic heterocycles. The highest BCUT2D eigenvalue weighted by molar-refractivity contribution is 5.94. The van der Waals surface area contributed by atoms with Gasteiger partial charge in [0.1, 0.15) is 17.2 Å². The molecule has 0 atom stereocenters. The normalized spacial score (nSPS) is 10.9. The maximum atomic E-state index is 14.1. The Bertz CT molecular complexity index is 1430. The third-order valence-corrected chi connectivity index (χ3v) is 6.24. The molecule has 0 fully saturated rings. The first-order chi connectivity index (χ1) is 18.8. The molecule has 0 saturated heterocycles. The van der Waals surface area contributed by atoms with Crippen LogP contribution in [0.25, 0.3) is 16.9 Å². The maximum absolute atomic E-state index is 14.1. The Morgan fingerprint density at radius 1 is 0.949 bits per heavy atom. The monoisotopic (exact) mass is 529 g/mol. The fourth-order valence-electron chi connectivity index (χ4n) is 4.13. The summed E-state index contributed by atoms with van der Waals surface area (Å²) in [6, 6.07) is 22.8. The fraction of sp³-hybridized carbons (Fsp3) is 0.241. The molecular formula is C29H31N5O5. The molecule has 10 nitrogen and oxygen atoms in total. The van der Waals surface area contributed by atoms with Gasteiger partial charge in [0.2, 0.25) is 0 Å². The standard InChI is InChI=1S/C29H31N5O5/c1-31(2)16-17-32(20-21-8-6-5-7-9-21)29(35)27-19-26(25-15-14-24(38-3)18-28(25)39-4)30-33(27)22-10-12-23(13-11-22)34(36)37/h5-15,18-19H,16-17,20H2,1-4H3. The molecule has 1 heterocycles. The number of carbonyl (C=O) groups is 1. The Morgan fingerprint density at radius 2 is 1.67 bits per heavy atom. The highest BCUT2D eigenvalue weighted by Gasteiger charge is 2.25. The van der Waals surface area contributed by atoms with Crippen molar-refractivity contribution in [2.75, 3.05) is 41.4 Å². The smallest absolute Gasteiger partial charge is 0.272 e. The summed E-state index contributed by atoms with van der Waals surface area (Å²) < 4.78 is 12.4. The number of nitrogens with zero attached hydrogens (tertiary/aromatic N) is 5. The Hall–Kier alpha value is -4.70. The van der Waals surface area contributed by atoms with Crippen molar-refractivity contribution in [1.82, 2.24) is 19.6 Å². The number of ether oxygens (including phenoxy) is 2. The molecule has 0 radical (unpaired) electrons. The van der Waals surface area contributed by atoms with Gasteiger partial charge in [-0.05, 0) is 50.0 Å². The zero-order chi connectivity index (χ0) is 27.9. The largest absolute Gasteiger partial charge is 0.497 e. The van der Waals surface area contributed by atoms with Crippen molar-refractivity contribution in [3.63, 3.8) is 0 Å². The number of hydrogen-bond acceptors (Lipinski definition) is 7. The Morgan fingerprint density at radius 3 is 2.28 bits per heavy atom. The molecule has 0 spiro atoms. The van der Waals surface area contributed by atoms with Crippen molar-refractivity contribution in [3.05, 3.63) is 100 Å². The average Bonchev–Trinajstić information content (AvgIpc) is 3.40. The van der Waals surface area contributed by atoms with Crippen LogP contribution >= 0.6 is 0 Å². The first-order valence-corrected chi connectivity index (χ1v) is 12.4. The van der Waals surface area contributed by atoms with Gasteiger partial charge in [-0.25, -0.2) is 4.68 Å². The summed E-state index contributed by atoms with van der Waals surface area (Å²) in [5.74, 6) is 0.945. The van der Waals surface area contributed by atoms with Crippen LogP contribution in [-0.2, 0) is 6.54 Å². The summed E-state index contributed by atoms with van der Waals surface area (Å²) in [7, 11) is 7.05. The van der Waals surface area contributed by atoms with E-state index >= 15 is 0 Å². The lowest BCUT2D eigenvalue weighted by Crippen LogP contribution is -2.37. The first kappa shape index (κ1) is 27.3. The van der Waals surface area contributed by atoms with Gasteiger partial charge in [0.25, 0.3) is 11.6 Å². The van der Waals surface area contributed by atoms with Gasteiger partial charge < -0.3 is 19.3 Å². The van der Waals surface area contributed by atoms with Crippen molar-refractivity contribution >= 4 is 11.6 Å². The predicted octanol–water partition coefficient (Wildman–Crippen LogP) is 4.67. The maximum Gasteiger partial charge on any atom is 0.272 e. The molecular weight excluding hydrogens is 498 g/mol. The zero-order valence-electron chi connectivity index (χ0n) is 22.4. The number of rotatable bonds is 11. The minimum absolute atomic E-state index is 0.0486. The van der Waals surface area contributed by atoms with Gasteiger partial charge in [0.15, 0.2) is 0 Å². The summed E-state index contributed by atoms with van der Waals surface area (Å²) in [5, 5.41) is 16.0. The van der Waals surface area contributed by atoms with Crippen LogP contribution in [0.15, 0.2) is 78.9 Å². The van der Waals surface area contributed by atoms with E-state index in [4.69, 9.17) is 14.6 Å². The molecule has 0 aliphatic heterocycles. The second-order valence-electron chi connectivity index (χ2n) is 9.18. The molecule has 0 bridgehead atoms. The van der Waals surface area contributed by atoms with Gasteiger partial charge in [-0.3, -0.25) is 14.9 Å². The number of amides is 1. The first-order valence-electron chi connectivity index (χ1n) is 12.4. The lowest BCUT2D eigenvalue weighted by atomic mass is 10.1. The lowest BCUT2D eigenvalue weighted by molar-refractivity contribution is -0.384. The van der Waals surface area contributed by atoms with Gasteiger partial charge in [0.05, 0.1) is 30.5 Å². The minimum Gasteiger partial charge on any atom is -0.497 e. The van der Waals surface area contributed by atoms with Crippen LogP contribution in [0.1, 0.15) is 16.1 Å². The van der Waals surface area contributed by atoms with Crippen LogP contribution in [0, 0.1) is 10.1 Å². The van der Waals surface area contributed by atoms with Crippen LogP contribution in [0.3, 0.4) is 0 Å². The molecule has 1 amide bonds. The molecule has 0 saturated carbocycles. The third kappa shape index (κ3) is 6.42. The molecule has 3 aromatic carbocycles. The number of methoxy groups -OCH3 is 2. The number of likely N-dealkylation sites (N-methyl/N-ethyl adjacent to an activating group) is 1.